The number of amides is 2. The zero-order chi connectivity index (χ0) is 18.3. The van der Waals surface area contributed by atoms with Crippen LogP contribution in [0.3, 0.4) is 0 Å². The van der Waals surface area contributed by atoms with Gasteiger partial charge in [-0.1, -0.05) is 43.7 Å². The van der Waals surface area contributed by atoms with Gasteiger partial charge in [-0.05, 0) is 48.6 Å². The molecule has 3 N–H and O–H groups in total. The normalized spacial score (nSPS) is 24.0. The highest BCUT2D eigenvalue weighted by Crippen LogP contribution is 2.48. The Kier molecular flexibility index (Phi) is 4.57. The van der Waals surface area contributed by atoms with Crippen LogP contribution in [0.25, 0.3) is 0 Å². The van der Waals surface area contributed by atoms with Crippen LogP contribution < -0.4 is 11.1 Å². The molecule has 1 aromatic heterocycles. The molecular weight excluding hydrogens is 344 g/mol. The van der Waals surface area contributed by atoms with Gasteiger partial charge in [-0.3, -0.25) is 9.59 Å². The molecular formula is C21H24N2O2S. The second-order valence-corrected chi connectivity index (χ2v) is 8.54. The van der Waals surface area contributed by atoms with Gasteiger partial charge >= 0.3 is 0 Å². The lowest BCUT2D eigenvalue weighted by Crippen LogP contribution is -2.20. The quantitative estimate of drug-likeness (QED) is 0.834. The standard InChI is InChI=1S/C21H24N2O2S/c1-2-12-8-9-14-17(10-12)26-21(18(14)19(22)24)23-20(25)16-11-15(16)13-6-4-3-5-7-13/h3-7,12,15-16H,2,8-11H2,1H3,(H2,22,24)(H,23,25)/t12-,15-,16-/m1/s1. The number of nitrogens with one attached hydrogen (secondary N) is 1. The Labute approximate surface area is 157 Å². The van der Waals surface area contributed by atoms with Gasteiger partial charge in [0.2, 0.25) is 5.91 Å². The van der Waals surface area contributed by atoms with Crippen molar-refractivity contribution in [3.05, 3.63) is 51.9 Å². The molecule has 136 valence electrons. The van der Waals surface area contributed by atoms with Gasteiger partial charge in [0.05, 0.1) is 5.56 Å². The lowest BCUT2D eigenvalue weighted by Gasteiger charge is -2.20. The molecule has 2 aliphatic carbocycles. The van der Waals surface area contributed by atoms with E-state index in [4.69, 9.17) is 5.73 Å². The molecule has 1 heterocycles. The highest BCUT2D eigenvalue weighted by Gasteiger charge is 2.44. The van der Waals surface area contributed by atoms with Crippen LogP contribution in [0.15, 0.2) is 30.3 Å². The monoisotopic (exact) mass is 368 g/mol. The highest BCUT2D eigenvalue weighted by atomic mass is 32.1. The molecule has 1 aromatic carbocycles. The van der Waals surface area contributed by atoms with Crippen LogP contribution in [-0.4, -0.2) is 11.8 Å². The number of hydrogen-bond donors (Lipinski definition) is 2. The molecule has 0 spiro atoms. The van der Waals surface area contributed by atoms with Crippen LogP contribution >= 0.6 is 11.3 Å². The average molecular weight is 369 g/mol. The molecule has 2 aromatic rings. The maximum Gasteiger partial charge on any atom is 0.251 e. The van der Waals surface area contributed by atoms with E-state index >= 15 is 0 Å². The van der Waals surface area contributed by atoms with Crippen LogP contribution in [0, 0.1) is 11.8 Å². The molecule has 0 radical (unpaired) electrons. The summed E-state index contributed by atoms with van der Waals surface area (Å²) in [6.45, 7) is 2.21. The van der Waals surface area contributed by atoms with Gasteiger partial charge < -0.3 is 11.1 Å². The molecule has 0 saturated heterocycles. The van der Waals surface area contributed by atoms with Crippen LogP contribution in [-0.2, 0) is 17.6 Å². The van der Waals surface area contributed by atoms with Crippen LogP contribution in [0.4, 0.5) is 5.00 Å². The maximum absolute atomic E-state index is 12.7. The minimum absolute atomic E-state index is 0.00647. The molecule has 3 atom stereocenters. The Morgan fingerprint density at radius 1 is 1.27 bits per heavy atom. The van der Waals surface area contributed by atoms with Gasteiger partial charge in [-0.15, -0.1) is 11.3 Å². The number of benzene rings is 1. The maximum atomic E-state index is 12.7. The molecule has 5 heteroatoms. The first-order valence-corrected chi connectivity index (χ1v) is 10.2. The molecule has 4 rings (SSSR count). The van der Waals surface area contributed by atoms with Crippen LogP contribution in [0.1, 0.15) is 58.5 Å². The number of rotatable bonds is 5. The number of nitrogens with two attached hydrogens (primary N) is 1. The van der Waals surface area contributed by atoms with Crippen LogP contribution in [0.2, 0.25) is 0 Å². The topological polar surface area (TPSA) is 72.2 Å². The van der Waals surface area contributed by atoms with Crippen molar-refractivity contribution in [2.45, 2.75) is 44.9 Å². The van der Waals surface area contributed by atoms with E-state index in [2.05, 4.69) is 24.4 Å². The van der Waals surface area contributed by atoms with Crippen molar-refractivity contribution in [3.8, 4) is 0 Å². The number of primary amides is 1. The van der Waals surface area contributed by atoms with E-state index in [-0.39, 0.29) is 17.7 Å². The Morgan fingerprint density at radius 3 is 2.73 bits per heavy atom. The van der Waals surface area contributed by atoms with Gasteiger partial charge in [0.1, 0.15) is 5.00 Å². The SMILES string of the molecule is CC[C@@H]1CCc2c(sc(NC(=O)[C@@H]3C[C@@H]3c3ccccc3)c2C(N)=O)C1. The van der Waals surface area contributed by atoms with Crippen molar-refractivity contribution >= 4 is 28.2 Å². The van der Waals surface area contributed by atoms with Crippen molar-refractivity contribution in [3.63, 3.8) is 0 Å². The summed E-state index contributed by atoms with van der Waals surface area (Å²) in [6, 6.07) is 10.1. The summed E-state index contributed by atoms with van der Waals surface area (Å²) in [5.41, 5.74) is 8.47. The number of carbonyl (C=O) groups is 2. The number of anilines is 1. The molecule has 4 nitrogen and oxygen atoms in total. The zero-order valence-electron chi connectivity index (χ0n) is 15.0. The van der Waals surface area contributed by atoms with E-state index in [1.807, 2.05) is 18.2 Å². The Hall–Kier alpha value is -2.14. The van der Waals surface area contributed by atoms with Crippen molar-refractivity contribution < 1.29 is 9.59 Å². The summed E-state index contributed by atoms with van der Waals surface area (Å²) in [5, 5.41) is 3.68. The molecule has 2 aliphatic rings. The van der Waals surface area contributed by atoms with Gasteiger partial charge in [-0.25, -0.2) is 0 Å². The predicted octanol–water partition coefficient (Wildman–Crippen LogP) is 4.10. The van der Waals surface area contributed by atoms with E-state index in [1.54, 1.807) is 11.3 Å². The average Bonchev–Trinajstić information content (AvgIpc) is 3.37. The molecule has 1 fully saturated rings. The van der Waals surface area contributed by atoms with E-state index < -0.39 is 5.91 Å². The third kappa shape index (κ3) is 3.16. The molecule has 0 unspecified atom stereocenters. The second-order valence-electron chi connectivity index (χ2n) is 7.44. The summed E-state index contributed by atoms with van der Waals surface area (Å²) < 4.78 is 0. The van der Waals surface area contributed by atoms with E-state index in [0.29, 0.717) is 16.5 Å². The fraction of sp³-hybridized carbons (Fsp3) is 0.429. The summed E-state index contributed by atoms with van der Waals surface area (Å²) in [6.07, 6.45) is 4.97. The van der Waals surface area contributed by atoms with Crippen molar-refractivity contribution in [2.75, 3.05) is 5.32 Å². The van der Waals surface area contributed by atoms with Crippen molar-refractivity contribution in [1.82, 2.24) is 0 Å². The predicted molar refractivity (Wildman–Crippen MR) is 105 cm³/mol. The summed E-state index contributed by atoms with van der Waals surface area (Å²) in [5.74, 6) is 0.513. The Balaban J connectivity index is 1.52. The minimum Gasteiger partial charge on any atom is -0.365 e. The Morgan fingerprint density at radius 2 is 2.04 bits per heavy atom. The van der Waals surface area contributed by atoms with Crippen molar-refractivity contribution in [1.29, 1.82) is 0 Å². The number of fused-ring (bicyclic) bond motifs is 1. The largest absolute Gasteiger partial charge is 0.365 e. The Bertz CT molecular complexity index is 843. The first-order chi connectivity index (χ1) is 12.6. The van der Waals surface area contributed by atoms with Gasteiger partial charge in [0.25, 0.3) is 5.91 Å². The van der Waals surface area contributed by atoms with Gasteiger partial charge in [-0.2, -0.15) is 0 Å². The number of thiophene rings is 1. The second kappa shape index (κ2) is 6.88. The van der Waals surface area contributed by atoms with Gasteiger partial charge in [0.15, 0.2) is 0 Å². The first kappa shape index (κ1) is 17.3. The fourth-order valence-corrected chi connectivity index (χ4v) is 5.48. The van der Waals surface area contributed by atoms with E-state index in [1.165, 1.54) is 10.4 Å². The van der Waals surface area contributed by atoms with Crippen LogP contribution in [0.5, 0.6) is 0 Å². The molecule has 1 saturated carbocycles. The third-order valence-corrected chi connectivity index (χ3v) is 6.95. The zero-order valence-corrected chi connectivity index (χ0v) is 15.8. The van der Waals surface area contributed by atoms with Gasteiger partial charge in [0, 0.05) is 10.8 Å². The molecule has 0 bridgehead atoms. The summed E-state index contributed by atoms with van der Waals surface area (Å²) in [4.78, 5) is 26.0. The molecule has 0 aliphatic heterocycles. The third-order valence-electron chi connectivity index (χ3n) is 5.78. The summed E-state index contributed by atoms with van der Waals surface area (Å²) in [7, 11) is 0. The lowest BCUT2D eigenvalue weighted by atomic mass is 9.85. The smallest absolute Gasteiger partial charge is 0.251 e. The lowest BCUT2D eigenvalue weighted by molar-refractivity contribution is -0.117. The highest BCUT2D eigenvalue weighted by molar-refractivity contribution is 7.17. The van der Waals surface area contributed by atoms with E-state index in [0.717, 1.165) is 37.7 Å². The summed E-state index contributed by atoms with van der Waals surface area (Å²) >= 11 is 1.55. The van der Waals surface area contributed by atoms with Crippen molar-refractivity contribution in [2.24, 2.45) is 17.6 Å². The number of carbonyl (C=O) groups excluding carboxylic acids is 2. The first-order valence-electron chi connectivity index (χ1n) is 9.38. The molecule has 2 amide bonds. The minimum atomic E-state index is -0.428. The molecule has 26 heavy (non-hydrogen) atoms. The van der Waals surface area contributed by atoms with E-state index in [9.17, 15) is 9.59 Å². The fourth-order valence-electron chi connectivity index (χ4n) is 4.11. The number of hydrogen-bond acceptors (Lipinski definition) is 3.